The number of carbonyl (C=O) groups excluding carboxylic acids is 1. The standard InChI is InChI=1S/C13H15N5O2/c1-3-8-20-9(2)12(19)16-13-15-11(17-18-13)10-6-4-5-7-14-10/h3-7,9H,1,8H2,2H3,(H2,15,16,17,18,19). The molecule has 0 aliphatic heterocycles. The Morgan fingerprint density at radius 2 is 2.45 bits per heavy atom. The van der Waals surface area contributed by atoms with Gasteiger partial charge in [-0.25, -0.2) is 0 Å². The van der Waals surface area contributed by atoms with Crippen molar-refractivity contribution in [1.82, 2.24) is 20.2 Å². The first-order valence-electron chi connectivity index (χ1n) is 6.08. The molecule has 0 saturated carbocycles. The second-order valence-corrected chi connectivity index (χ2v) is 3.98. The molecule has 0 aliphatic rings. The minimum atomic E-state index is -0.607. The zero-order chi connectivity index (χ0) is 14.4. The summed E-state index contributed by atoms with van der Waals surface area (Å²) in [4.78, 5) is 20.1. The highest BCUT2D eigenvalue weighted by Gasteiger charge is 2.15. The van der Waals surface area contributed by atoms with Crippen molar-refractivity contribution in [3.8, 4) is 11.5 Å². The Morgan fingerprint density at radius 1 is 1.60 bits per heavy atom. The van der Waals surface area contributed by atoms with Gasteiger partial charge >= 0.3 is 0 Å². The van der Waals surface area contributed by atoms with Gasteiger partial charge < -0.3 is 4.74 Å². The third-order valence-electron chi connectivity index (χ3n) is 2.46. The lowest BCUT2D eigenvalue weighted by Crippen LogP contribution is -2.28. The Hall–Kier alpha value is -2.54. The van der Waals surface area contributed by atoms with Crippen LogP contribution in [0.4, 0.5) is 5.95 Å². The van der Waals surface area contributed by atoms with Crippen LogP contribution in [0.5, 0.6) is 0 Å². The number of rotatable bonds is 6. The molecule has 20 heavy (non-hydrogen) atoms. The average Bonchev–Trinajstić information content (AvgIpc) is 2.94. The van der Waals surface area contributed by atoms with E-state index >= 15 is 0 Å². The molecule has 0 aliphatic carbocycles. The Kier molecular flexibility index (Phi) is 4.56. The quantitative estimate of drug-likeness (QED) is 0.776. The van der Waals surface area contributed by atoms with Crippen molar-refractivity contribution in [2.45, 2.75) is 13.0 Å². The molecule has 2 rings (SSSR count). The van der Waals surface area contributed by atoms with Crippen LogP contribution in [-0.2, 0) is 9.53 Å². The smallest absolute Gasteiger partial charge is 0.255 e. The summed E-state index contributed by atoms with van der Waals surface area (Å²) in [5.41, 5.74) is 0.649. The van der Waals surface area contributed by atoms with E-state index in [-0.39, 0.29) is 11.9 Å². The molecule has 0 bridgehead atoms. The van der Waals surface area contributed by atoms with E-state index < -0.39 is 6.10 Å². The molecule has 104 valence electrons. The first-order valence-corrected chi connectivity index (χ1v) is 6.08. The summed E-state index contributed by atoms with van der Waals surface area (Å²) < 4.78 is 5.21. The number of amides is 1. The van der Waals surface area contributed by atoms with Gasteiger partial charge in [-0.15, -0.1) is 11.7 Å². The molecule has 7 nitrogen and oxygen atoms in total. The molecular weight excluding hydrogens is 258 g/mol. The van der Waals surface area contributed by atoms with Crippen molar-refractivity contribution < 1.29 is 9.53 Å². The van der Waals surface area contributed by atoms with Crippen LogP contribution < -0.4 is 5.32 Å². The number of hydrogen-bond acceptors (Lipinski definition) is 5. The highest BCUT2D eigenvalue weighted by atomic mass is 16.5. The number of H-pyrrole nitrogens is 1. The molecule has 0 saturated heterocycles. The van der Waals surface area contributed by atoms with Crippen molar-refractivity contribution in [3.05, 3.63) is 37.1 Å². The largest absolute Gasteiger partial charge is 0.365 e. The van der Waals surface area contributed by atoms with Crippen LogP contribution in [0.2, 0.25) is 0 Å². The van der Waals surface area contributed by atoms with Gasteiger partial charge in [0, 0.05) is 6.20 Å². The lowest BCUT2D eigenvalue weighted by Gasteiger charge is -2.09. The number of pyridine rings is 1. The van der Waals surface area contributed by atoms with E-state index in [1.165, 1.54) is 0 Å². The van der Waals surface area contributed by atoms with Crippen LogP contribution in [0.3, 0.4) is 0 Å². The van der Waals surface area contributed by atoms with Gasteiger partial charge in [-0.05, 0) is 19.1 Å². The summed E-state index contributed by atoms with van der Waals surface area (Å²) in [6, 6.07) is 5.44. The fourth-order valence-corrected chi connectivity index (χ4v) is 1.43. The summed E-state index contributed by atoms with van der Waals surface area (Å²) in [6.45, 7) is 5.47. The number of aromatic amines is 1. The van der Waals surface area contributed by atoms with Crippen molar-refractivity contribution in [3.63, 3.8) is 0 Å². The Balaban J connectivity index is 1.99. The SMILES string of the molecule is C=CCOC(C)C(=O)Nc1n[nH]c(-c2ccccn2)n1. The van der Waals surface area contributed by atoms with E-state index in [9.17, 15) is 4.79 Å². The predicted molar refractivity (Wildman–Crippen MR) is 73.9 cm³/mol. The van der Waals surface area contributed by atoms with Crippen molar-refractivity contribution in [2.24, 2.45) is 0 Å². The van der Waals surface area contributed by atoms with Gasteiger partial charge in [0.05, 0.1) is 6.61 Å². The third kappa shape index (κ3) is 3.48. The first kappa shape index (κ1) is 13.9. The molecule has 2 aromatic rings. The molecule has 0 aromatic carbocycles. The van der Waals surface area contributed by atoms with Crippen molar-refractivity contribution >= 4 is 11.9 Å². The lowest BCUT2D eigenvalue weighted by atomic mass is 10.3. The van der Waals surface area contributed by atoms with Crippen LogP contribution in [0.1, 0.15) is 6.92 Å². The lowest BCUT2D eigenvalue weighted by molar-refractivity contribution is -0.125. The van der Waals surface area contributed by atoms with Crippen LogP contribution in [0, 0.1) is 0 Å². The first-order chi connectivity index (χ1) is 9.70. The summed E-state index contributed by atoms with van der Waals surface area (Å²) in [6.07, 6.45) is 2.63. The van der Waals surface area contributed by atoms with Crippen LogP contribution in [0.15, 0.2) is 37.1 Å². The molecule has 2 N–H and O–H groups in total. The number of ether oxygens (including phenoxy) is 1. The number of anilines is 1. The predicted octanol–water partition coefficient (Wildman–Crippen LogP) is 1.40. The van der Waals surface area contributed by atoms with E-state index in [2.05, 4.69) is 32.1 Å². The second-order valence-electron chi connectivity index (χ2n) is 3.98. The minimum Gasteiger partial charge on any atom is -0.365 e. The van der Waals surface area contributed by atoms with Crippen LogP contribution >= 0.6 is 0 Å². The highest BCUT2D eigenvalue weighted by molar-refractivity contribution is 5.92. The van der Waals surface area contributed by atoms with Crippen molar-refractivity contribution in [1.29, 1.82) is 0 Å². The number of nitrogens with zero attached hydrogens (tertiary/aromatic N) is 3. The molecule has 1 atom stereocenters. The van der Waals surface area contributed by atoms with Crippen molar-refractivity contribution in [2.75, 3.05) is 11.9 Å². The molecule has 0 fully saturated rings. The van der Waals surface area contributed by atoms with Gasteiger partial charge in [-0.2, -0.15) is 4.98 Å². The fraction of sp³-hybridized carbons (Fsp3) is 0.231. The molecule has 0 spiro atoms. The molecule has 1 unspecified atom stereocenters. The molecule has 0 radical (unpaired) electrons. The summed E-state index contributed by atoms with van der Waals surface area (Å²) in [5, 5.41) is 9.19. The number of aromatic nitrogens is 4. The summed E-state index contributed by atoms with van der Waals surface area (Å²) >= 11 is 0. The maximum atomic E-state index is 11.8. The Bertz CT molecular complexity index is 581. The second kappa shape index (κ2) is 6.58. The third-order valence-corrected chi connectivity index (χ3v) is 2.46. The maximum absolute atomic E-state index is 11.8. The van der Waals surface area contributed by atoms with Gasteiger partial charge in [-0.1, -0.05) is 12.1 Å². The van der Waals surface area contributed by atoms with E-state index in [0.29, 0.717) is 18.1 Å². The monoisotopic (exact) mass is 273 g/mol. The van der Waals surface area contributed by atoms with Gasteiger partial charge in [-0.3, -0.25) is 20.2 Å². The van der Waals surface area contributed by atoms with Gasteiger partial charge in [0.25, 0.3) is 5.91 Å². The summed E-state index contributed by atoms with van der Waals surface area (Å²) in [5.74, 6) is 0.351. The molecular formula is C13H15N5O2. The topological polar surface area (TPSA) is 92.8 Å². The normalized spacial score (nSPS) is 11.8. The Morgan fingerprint density at radius 3 is 3.15 bits per heavy atom. The fourth-order valence-electron chi connectivity index (χ4n) is 1.43. The number of hydrogen-bond donors (Lipinski definition) is 2. The Labute approximate surface area is 116 Å². The van der Waals surface area contributed by atoms with E-state index in [1.807, 2.05) is 6.07 Å². The highest BCUT2D eigenvalue weighted by Crippen LogP contribution is 2.12. The number of nitrogens with one attached hydrogen (secondary N) is 2. The van der Waals surface area contributed by atoms with Gasteiger partial charge in [0.15, 0.2) is 5.82 Å². The van der Waals surface area contributed by atoms with E-state index in [4.69, 9.17) is 4.74 Å². The molecule has 2 heterocycles. The number of carbonyl (C=O) groups is 1. The summed E-state index contributed by atoms with van der Waals surface area (Å²) in [7, 11) is 0. The van der Waals surface area contributed by atoms with Gasteiger partial charge in [0.2, 0.25) is 5.95 Å². The zero-order valence-electron chi connectivity index (χ0n) is 11.0. The van der Waals surface area contributed by atoms with E-state index in [0.717, 1.165) is 0 Å². The van der Waals surface area contributed by atoms with Crippen LogP contribution in [-0.4, -0.2) is 38.8 Å². The average molecular weight is 273 g/mol. The molecule has 1 amide bonds. The minimum absolute atomic E-state index is 0.185. The maximum Gasteiger partial charge on any atom is 0.255 e. The zero-order valence-corrected chi connectivity index (χ0v) is 11.0. The van der Waals surface area contributed by atoms with Crippen LogP contribution in [0.25, 0.3) is 11.5 Å². The van der Waals surface area contributed by atoms with E-state index in [1.54, 1.807) is 31.3 Å². The molecule has 2 aromatic heterocycles. The van der Waals surface area contributed by atoms with Gasteiger partial charge in [0.1, 0.15) is 11.8 Å². The molecule has 7 heteroatoms.